The Kier molecular flexibility index (Phi) is 4.05. The number of aliphatic hydroxyl groups excluding tert-OH is 1. The van der Waals surface area contributed by atoms with E-state index in [0.29, 0.717) is 5.56 Å². The number of carbonyl (C=O) groups is 2. The largest absolute Gasteiger partial charge is 0.508 e. The number of rotatable bonds is 4. The Balaban J connectivity index is 2.76. The lowest BCUT2D eigenvalue weighted by Crippen LogP contribution is -2.08. The first-order valence-corrected chi connectivity index (χ1v) is 4.64. The van der Waals surface area contributed by atoms with Gasteiger partial charge in [0.1, 0.15) is 11.5 Å². The molecule has 0 heterocycles. The van der Waals surface area contributed by atoms with E-state index < -0.39 is 11.8 Å². The Morgan fingerprint density at radius 3 is 2.18 bits per heavy atom. The Morgan fingerprint density at radius 1 is 1.06 bits per heavy atom. The maximum absolute atomic E-state index is 10.7. The molecule has 0 unspecified atom stereocenters. The molecule has 0 saturated heterocycles. The molecular formula is C12H10O5. The minimum atomic E-state index is -1.56. The second-order valence-corrected chi connectivity index (χ2v) is 3.13. The number of carbonyl (C=O) groups excluding carboxylic acids is 1. The van der Waals surface area contributed by atoms with E-state index in [1.54, 1.807) is 0 Å². The summed E-state index contributed by atoms with van der Waals surface area (Å²) in [6, 6.07) is 5.75. The summed E-state index contributed by atoms with van der Waals surface area (Å²) in [6.07, 6.45) is 3.16. The number of allylic oxidation sites excluding steroid dienone is 2. The van der Waals surface area contributed by atoms with Gasteiger partial charge in [-0.2, -0.15) is 0 Å². The van der Waals surface area contributed by atoms with Crippen molar-refractivity contribution in [1.82, 2.24) is 0 Å². The Labute approximate surface area is 96.9 Å². The highest BCUT2D eigenvalue weighted by atomic mass is 16.4. The molecule has 0 radical (unpaired) electrons. The van der Waals surface area contributed by atoms with Gasteiger partial charge in [-0.1, -0.05) is 6.08 Å². The van der Waals surface area contributed by atoms with Gasteiger partial charge in [0.25, 0.3) is 5.78 Å². The van der Waals surface area contributed by atoms with Crippen molar-refractivity contribution in [2.75, 3.05) is 0 Å². The van der Waals surface area contributed by atoms with Gasteiger partial charge in [-0.15, -0.1) is 0 Å². The number of benzene rings is 1. The van der Waals surface area contributed by atoms with Crippen molar-refractivity contribution in [3.05, 3.63) is 48.1 Å². The summed E-state index contributed by atoms with van der Waals surface area (Å²) in [6.45, 7) is 0. The molecule has 0 aliphatic carbocycles. The maximum Gasteiger partial charge on any atom is 0.376 e. The summed E-state index contributed by atoms with van der Waals surface area (Å²) < 4.78 is 0. The van der Waals surface area contributed by atoms with Crippen LogP contribution in [0.3, 0.4) is 0 Å². The predicted octanol–water partition coefficient (Wildman–Crippen LogP) is 1.50. The zero-order chi connectivity index (χ0) is 12.8. The first kappa shape index (κ1) is 12.5. The van der Waals surface area contributed by atoms with Crippen LogP contribution >= 0.6 is 0 Å². The number of aliphatic carboxylic acids is 1. The van der Waals surface area contributed by atoms with Crippen LogP contribution in [0.2, 0.25) is 0 Å². The van der Waals surface area contributed by atoms with E-state index in [9.17, 15) is 14.7 Å². The SMILES string of the molecule is O=C(O)C(=O)C=CC=C(O)c1ccc(O)cc1. The molecule has 0 amide bonds. The summed E-state index contributed by atoms with van der Waals surface area (Å²) in [4.78, 5) is 20.8. The van der Waals surface area contributed by atoms with Crippen LogP contribution in [-0.4, -0.2) is 27.1 Å². The average Bonchev–Trinajstić information content (AvgIpc) is 2.29. The summed E-state index contributed by atoms with van der Waals surface area (Å²) in [5.41, 5.74) is 0.440. The predicted molar refractivity (Wildman–Crippen MR) is 60.5 cm³/mol. The van der Waals surface area contributed by atoms with E-state index >= 15 is 0 Å². The molecule has 0 aliphatic rings. The van der Waals surface area contributed by atoms with Gasteiger partial charge >= 0.3 is 5.97 Å². The molecule has 0 saturated carbocycles. The molecule has 0 spiro atoms. The summed E-state index contributed by atoms with van der Waals surface area (Å²) in [5.74, 6) is -2.70. The molecule has 88 valence electrons. The molecule has 0 aromatic heterocycles. The fourth-order valence-corrected chi connectivity index (χ4v) is 1.03. The van der Waals surface area contributed by atoms with Gasteiger partial charge < -0.3 is 15.3 Å². The highest BCUT2D eigenvalue weighted by molar-refractivity contribution is 6.37. The molecule has 0 bridgehead atoms. The van der Waals surface area contributed by atoms with E-state index in [1.165, 1.54) is 30.3 Å². The summed E-state index contributed by atoms with van der Waals surface area (Å²) in [7, 11) is 0. The highest BCUT2D eigenvalue weighted by Crippen LogP contribution is 2.15. The number of phenols is 1. The minimum absolute atomic E-state index is 0.0677. The van der Waals surface area contributed by atoms with E-state index in [1.807, 2.05) is 0 Å². The second-order valence-electron chi connectivity index (χ2n) is 3.13. The van der Waals surface area contributed by atoms with Crippen LogP contribution in [0.4, 0.5) is 0 Å². The van der Waals surface area contributed by atoms with Gasteiger partial charge in [0.15, 0.2) is 0 Å². The third-order valence-electron chi connectivity index (χ3n) is 1.88. The van der Waals surface area contributed by atoms with Crippen molar-refractivity contribution in [3.8, 4) is 5.75 Å². The topological polar surface area (TPSA) is 94.8 Å². The van der Waals surface area contributed by atoms with Crippen molar-refractivity contribution in [1.29, 1.82) is 0 Å². The van der Waals surface area contributed by atoms with Gasteiger partial charge in [0.2, 0.25) is 0 Å². The van der Waals surface area contributed by atoms with Crippen LogP contribution < -0.4 is 0 Å². The number of carboxylic acids is 1. The van der Waals surface area contributed by atoms with E-state index in [0.717, 1.165) is 12.2 Å². The Bertz CT molecular complexity index is 482. The molecule has 0 fully saturated rings. The minimum Gasteiger partial charge on any atom is -0.508 e. The fourth-order valence-electron chi connectivity index (χ4n) is 1.03. The lowest BCUT2D eigenvalue weighted by atomic mass is 10.1. The third kappa shape index (κ3) is 3.83. The van der Waals surface area contributed by atoms with E-state index in [-0.39, 0.29) is 11.5 Å². The molecule has 1 aromatic carbocycles. The summed E-state index contributed by atoms with van der Waals surface area (Å²) >= 11 is 0. The van der Waals surface area contributed by atoms with Crippen LogP contribution in [-0.2, 0) is 9.59 Å². The zero-order valence-electron chi connectivity index (χ0n) is 8.70. The smallest absolute Gasteiger partial charge is 0.376 e. The standard InChI is InChI=1S/C12H10O5/c13-9-6-4-8(5-7-9)10(14)2-1-3-11(15)12(16)17/h1-7,13-14H,(H,16,17). The monoisotopic (exact) mass is 234 g/mol. The first-order chi connectivity index (χ1) is 8.00. The number of carboxylic acid groups (broad SMARTS) is 1. The molecule has 5 nitrogen and oxygen atoms in total. The quantitative estimate of drug-likeness (QED) is 0.317. The molecule has 3 N–H and O–H groups in total. The van der Waals surface area contributed by atoms with E-state index in [4.69, 9.17) is 10.2 Å². The van der Waals surface area contributed by atoms with Crippen LogP contribution in [0.1, 0.15) is 5.56 Å². The Hall–Kier alpha value is -2.56. The third-order valence-corrected chi connectivity index (χ3v) is 1.88. The molecule has 0 aliphatic heterocycles. The van der Waals surface area contributed by atoms with Gasteiger partial charge in [-0.25, -0.2) is 4.79 Å². The summed E-state index contributed by atoms with van der Waals surface area (Å²) in [5, 5.41) is 26.8. The van der Waals surface area contributed by atoms with Gasteiger partial charge in [0.05, 0.1) is 0 Å². The first-order valence-electron chi connectivity index (χ1n) is 4.64. The lowest BCUT2D eigenvalue weighted by molar-refractivity contribution is -0.146. The maximum atomic E-state index is 10.7. The van der Waals surface area contributed by atoms with Crippen LogP contribution in [0.25, 0.3) is 5.76 Å². The molecule has 1 aromatic rings. The number of hydrogen-bond acceptors (Lipinski definition) is 4. The van der Waals surface area contributed by atoms with Gasteiger partial charge in [-0.05, 0) is 36.4 Å². The number of ketones is 1. The van der Waals surface area contributed by atoms with Crippen LogP contribution in [0.5, 0.6) is 5.75 Å². The molecular weight excluding hydrogens is 224 g/mol. The molecule has 0 atom stereocenters. The second kappa shape index (κ2) is 5.50. The zero-order valence-corrected chi connectivity index (χ0v) is 8.70. The normalized spacial score (nSPS) is 11.6. The number of aliphatic hydroxyl groups is 1. The number of phenolic OH excluding ortho intramolecular Hbond substituents is 1. The van der Waals surface area contributed by atoms with Gasteiger partial charge in [0, 0.05) is 5.56 Å². The fraction of sp³-hybridized carbons (Fsp3) is 0. The Morgan fingerprint density at radius 2 is 1.65 bits per heavy atom. The number of aromatic hydroxyl groups is 1. The molecule has 17 heavy (non-hydrogen) atoms. The van der Waals surface area contributed by atoms with E-state index in [2.05, 4.69) is 0 Å². The lowest BCUT2D eigenvalue weighted by Gasteiger charge is -1.98. The average molecular weight is 234 g/mol. The van der Waals surface area contributed by atoms with Crippen molar-refractivity contribution in [2.45, 2.75) is 0 Å². The van der Waals surface area contributed by atoms with Crippen molar-refractivity contribution < 1.29 is 24.9 Å². The molecule has 5 heteroatoms. The van der Waals surface area contributed by atoms with Crippen molar-refractivity contribution >= 4 is 17.5 Å². The number of hydrogen-bond donors (Lipinski definition) is 3. The highest BCUT2D eigenvalue weighted by Gasteiger charge is 2.04. The molecule has 1 rings (SSSR count). The van der Waals surface area contributed by atoms with Crippen LogP contribution in [0, 0.1) is 0 Å². The van der Waals surface area contributed by atoms with Gasteiger partial charge in [-0.3, -0.25) is 4.79 Å². The van der Waals surface area contributed by atoms with Crippen molar-refractivity contribution in [2.24, 2.45) is 0 Å². The van der Waals surface area contributed by atoms with Crippen LogP contribution in [0.15, 0.2) is 42.5 Å². The van der Waals surface area contributed by atoms with Crippen molar-refractivity contribution in [3.63, 3.8) is 0 Å².